The fraction of sp³-hybridized carbons (Fsp3) is 0. The van der Waals surface area contributed by atoms with E-state index in [1.807, 2.05) is 0 Å². The second-order valence-corrected chi connectivity index (χ2v) is 0.879. The molecule has 0 bridgehead atoms. The lowest BCUT2D eigenvalue weighted by atomic mass is 10.9. The van der Waals surface area contributed by atoms with Crippen LogP contribution in [0.5, 0.6) is 0 Å². The zero-order chi connectivity index (χ0) is 6.57. The number of nitrogens with two attached hydrogens (primary N) is 1. The SMILES string of the molecule is N#CN(N=O)C(=N)N. The van der Waals surface area contributed by atoms with Crippen LogP contribution in [0.3, 0.4) is 0 Å². The molecule has 0 aromatic heterocycles. The maximum Gasteiger partial charge on any atom is 0.227 e. The molecule has 0 atom stereocenters. The van der Waals surface area contributed by atoms with Crippen molar-refractivity contribution >= 4 is 5.96 Å². The summed E-state index contributed by atoms with van der Waals surface area (Å²) >= 11 is 0. The number of nitroso groups, excluding NO2 is 1. The van der Waals surface area contributed by atoms with Gasteiger partial charge in [-0.05, 0) is 0 Å². The number of nitriles is 1. The fourth-order valence-corrected chi connectivity index (χ4v) is 0.116. The molecular weight excluding hydrogens is 110 g/mol. The summed E-state index contributed by atoms with van der Waals surface area (Å²) < 4.78 is 0. The van der Waals surface area contributed by atoms with Gasteiger partial charge in [-0.2, -0.15) is 5.26 Å². The first-order chi connectivity index (χ1) is 3.72. The van der Waals surface area contributed by atoms with Crippen molar-refractivity contribution in [3.63, 3.8) is 0 Å². The normalized spacial score (nSPS) is 6.88. The molecule has 0 rings (SSSR count). The lowest BCUT2D eigenvalue weighted by molar-refractivity contribution is 0.602. The summed E-state index contributed by atoms with van der Waals surface area (Å²) in [6, 6.07) is 0. The van der Waals surface area contributed by atoms with Crippen LogP contribution < -0.4 is 5.73 Å². The molecule has 0 aliphatic rings. The van der Waals surface area contributed by atoms with Gasteiger partial charge in [0.25, 0.3) is 0 Å². The zero-order valence-electron chi connectivity index (χ0n) is 3.83. The van der Waals surface area contributed by atoms with Gasteiger partial charge in [0.2, 0.25) is 12.2 Å². The van der Waals surface area contributed by atoms with E-state index in [-0.39, 0.29) is 5.01 Å². The Bertz CT molecular complexity index is 145. The number of guanidine groups is 1. The lowest BCUT2D eigenvalue weighted by Gasteiger charge is -1.96. The summed E-state index contributed by atoms with van der Waals surface area (Å²) in [4.78, 5) is 9.41. The van der Waals surface area contributed by atoms with Gasteiger partial charge >= 0.3 is 0 Å². The van der Waals surface area contributed by atoms with E-state index in [0.29, 0.717) is 0 Å². The van der Waals surface area contributed by atoms with Crippen LogP contribution in [0.4, 0.5) is 0 Å². The van der Waals surface area contributed by atoms with E-state index in [1.165, 1.54) is 6.19 Å². The minimum Gasteiger partial charge on any atom is -0.368 e. The van der Waals surface area contributed by atoms with Crippen LogP contribution in [0, 0.1) is 21.8 Å². The van der Waals surface area contributed by atoms with Crippen LogP contribution in [-0.4, -0.2) is 11.0 Å². The largest absolute Gasteiger partial charge is 0.368 e. The Morgan fingerprint density at radius 2 is 2.50 bits per heavy atom. The molecule has 8 heavy (non-hydrogen) atoms. The standard InChI is InChI=1S/C2H3N5O/c3-1-7(6-8)2(4)5/h(H3,4,5). The van der Waals surface area contributed by atoms with E-state index in [1.54, 1.807) is 0 Å². The average Bonchev–Trinajstić information content (AvgIpc) is 1.69. The molecule has 0 saturated carbocycles. The fourth-order valence-electron chi connectivity index (χ4n) is 0.116. The molecule has 0 amide bonds. The Kier molecular flexibility index (Phi) is 2.00. The predicted molar refractivity (Wildman–Crippen MR) is 25.2 cm³/mol. The van der Waals surface area contributed by atoms with Crippen molar-refractivity contribution in [2.24, 2.45) is 11.0 Å². The summed E-state index contributed by atoms with van der Waals surface area (Å²) in [6.07, 6.45) is 1.26. The summed E-state index contributed by atoms with van der Waals surface area (Å²) in [6.45, 7) is 0. The molecule has 0 aliphatic carbocycles. The summed E-state index contributed by atoms with van der Waals surface area (Å²) in [5, 5.41) is 16.5. The van der Waals surface area contributed by atoms with Gasteiger partial charge in [-0.25, -0.2) is 0 Å². The number of hydrogen-bond acceptors (Lipinski definition) is 4. The molecule has 0 radical (unpaired) electrons. The summed E-state index contributed by atoms with van der Waals surface area (Å²) in [5.74, 6) is -0.678. The minimum atomic E-state index is -0.678. The second kappa shape index (κ2) is 2.52. The molecule has 0 heterocycles. The maximum atomic E-state index is 9.41. The lowest BCUT2D eigenvalue weighted by Crippen LogP contribution is -2.26. The number of nitrogens with zero attached hydrogens (tertiary/aromatic N) is 3. The van der Waals surface area contributed by atoms with Crippen LogP contribution in [-0.2, 0) is 0 Å². The maximum absolute atomic E-state index is 9.41. The van der Waals surface area contributed by atoms with E-state index in [9.17, 15) is 4.91 Å². The molecule has 0 aromatic carbocycles. The van der Waals surface area contributed by atoms with Crippen molar-refractivity contribution in [3.05, 3.63) is 4.91 Å². The van der Waals surface area contributed by atoms with Crippen LogP contribution >= 0.6 is 0 Å². The topological polar surface area (TPSA) is 106 Å². The van der Waals surface area contributed by atoms with Crippen LogP contribution in [0.2, 0.25) is 0 Å². The third-order valence-corrected chi connectivity index (χ3v) is 0.405. The van der Waals surface area contributed by atoms with Crippen molar-refractivity contribution in [1.82, 2.24) is 5.01 Å². The van der Waals surface area contributed by atoms with Gasteiger partial charge in [0.05, 0.1) is 5.29 Å². The van der Waals surface area contributed by atoms with Gasteiger partial charge in [-0.3, -0.25) is 5.41 Å². The number of nitrogens with one attached hydrogen (secondary N) is 1. The molecule has 6 heteroatoms. The van der Waals surface area contributed by atoms with Crippen LogP contribution in [0.1, 0.15) is 0 Å². The molecule has 3 N–H and O–H groups in total. The van der Waals surface area contributed by atoms with Gasteiger partial charge < -0.3 is 5.73 Å². The summed E-state index contributed by atoms with van der Waals surface area (Å²) in [7, 11) is 0. The van der Waals surface area contributed by atoms with Crippen LogP contribution in [0.25, 0.3) is 0 Å². The Labute approximate surface area is 44.9 Å². The molecule has 0 aromatic rings. The highest BCUT2D eigenvalue weighted by Gasteiger charge is 2.00. The Morgan fingerprint density at radius 3 is 2.50 bits per heavy atom. The minimum absolute atomic E-state index is 0.153. The highest BCUT2D eigenvalue weighted by molar-refractivity contribution is 5.75. The summed E-state index contributed by atoms with van der Waals surface area (Å²) in [5.41, 5.74) is 4.65. The second-order valence-electron chi connectivity index (χ2n) is 0.879. The van der Waals surface area contributed by atoms with Crippen molar-refractivity contribution in [2.45, 2.75) is 0 Å². The molecule has 0 spiro atoms. The van der Waals surface area contributed by atoms with E-state index in [4.69, 9.17) is 10.7 Å². The quantitative estimate of drug-likeness (QED) is 0.117. The Balaban J connectivity index is 3.95. The Morgan fingerprint density at radius 1 is 2.00 bits per heavy atom. The van der Waals surface area contributed by atoms with Crippen molar-refractivity contribution < 1.29 is 0 Å². The first-order valence-electron chi connectivity index (χ1n) is 1.59. The number of hydrogen-bond donors (Lipinski definition) is 2. The average molecular weight is 113 g/mol. The van der Waals surface area contributed by atoms with Crippen molar-refractivity contribution in [1.29, 1.82) is 10.7 Å². The Hall–Kier alpha value is -1.64. The highest BCUT2D eigenvalue weighted by Crippen LogP contribution is 1.78. The first-order valence-corrected chi connectivity index (χ1v) is 1.59. The van der Waals surface area contributed by atoms with Crippen LogP contribution in [0.15, 0.2) is 5.29 Å². The van der Waals surface area contributed by atoms with Crippen molar-refractivity contribution in [3.8, 4) is 6.19 Å². The molecule has 6 nitrogen and oxygen atoms in total. The smallest absolute Gasteiger partial charge is 0.227 e. The molecule has 0 saturated heterocycles. The third-order valence-electron chi connectivity index (χ3n) is 0.405. The van der Waals surface area contributed by atoms with E-state index in [0.717, 1.165) is 0 Å². The zero-order valence-corrected chi connectivity index (χ0v) is 3.83. The first kappa shape index (κ1) is 6.36. The molecular formula is C2H3N5O. The highest BCUT2D eigenvalue weighted by atomic mass is 16.3. The third kappa shape index (κ3) is 1.22. The molecule has 0 unspecified atom stereocenters. The van der Waals surface area contributed by atoms with E-state index >= 15 is 0 Å². The van der Waals surface area contributed by atoms with Gasteiger partial charge in [0.15, 0.2) is 0 Å². The molecule has 0 aliphatic heterocycles. The van der Waals surface area contributed by atoms with Gasteiger partial charge in [-0.15, -0.1) is 4.91 Å². The van der Waals surface area contributed by atoms with E-state index in [2.05, 4.69) is 11.0 Å². The predicted octanol–water partition coefficient (Wildman–Crippen LogP) is -0.656. The number of rotatable bonds is 1. The van der Waals surface area contributed by atoms with E-state index < -0.39 is 5.96 Å². The van der Waals surface area contributed by atoms with Crippen molar-refractivity contribution in [2.75, 3.05) is 0 Å². The molecule has 0 fully saturated rings. The van der Waals surface area contributed by atoms with Gasteiger partial charge in [-0.1, -0.05) is 5.01 Å². The van der Waals surface area contributed by atoms with Gasteiger partial charge in [0, 0.05) is 0 Å². The van der Waals surface area contributed by atoms with Gasteiger partial charge in [0.1, 0.15) is 0 Å². The monoisotopic (exact) mass is 113 g/mol. The molecule has 42 valence electrons.